The summed E-state index contributed by atoms with van der Waals surface area (Å²) in [6, 6.07) is 3.63. The van der Waals surface area contributed by atoms with Crippen LogP contribution in [0.3, 0.4) is 0 Å². The zero-order valence-corrected chi connectivity index (χ0v) is 11.8. The van der Waals surface area contributed by atoms with Gasteiger partial charge in [-0.2, -0.15) is 5.10 Å². The number of hydrogen-bond acceptors (Lipinski definition) is 3. The summed E-state index contributed by atoms with van der Waals surface area (Å²) in [6.45, 7) is 5.71. The molecule has 3 rings (SSSR count). The van der Waals surface area contributed by atoms with Crippen LogP contribution in [0.2, 0.25) is 0 Å². The first-order chi connectivity index (χ1) is 9.66. The summed E-state index contributed by atoms with van der Waals surface area (Å²) in [4.78, 5) is 14.7. The zero-order chi connectivity index (χ0) is 14.1. The molecular formula is C15H19N3O2. The lowest BCUT2D eigenvalue weighted by atomic mass is 9.99. The number of likely N-dealkylation sites (tertiary alicyclic amines) is 1. The van der Waals surface area contributed by atoms with E-state index in [1.807, 2.05) is 17.9 Å². The first kappa shape index (κ1) is 13.0. The largest absolute Gasteiger partial charge is 0.463 e. The quantitative estimate of drug-likeness (QED) is 0.915. The Morgan fingerprint density at radius 2 is 2.40 bits per heavy atom. The molecule has 1 atom stereocenters. The van der Waals surface area contributed by atoms with Gasteiger partial charge in [-0.05, 0) is 37.8 Å². The molecule has 1 saturated heterocycles. The molecule has 5 nitrogen and oxygen atoms in total. The average molecular weight is 273 g/mol. The number of hydrogen-bond donors (Lipinski definition) is 1. The number of aromatic amines is 1. The van der Waals surface area contributed by atoms with Crippen molar-refractivity contribution in [3.63, 3.8) is 0 Å². The van der Waals surface area contributed by atoms with E-state index in [4.69, 9.17) is 4.42 Å². The SMILES string of the molecule is Cc1[nH]nc(-c2ccco2)c1C(=O)N1CCCC(C)C1. The summed E-state index contributed by atoms with van der Waals surface area (Å²) in [5.74, 6) is 1.24. The van der Waals surface area contributed by atoms with E-state index in [-0.39, 0.29) is 5.91 Å². The topological polar surface area (TPSA) is 62.1 Å². The minimum absolute atomic E-state index is 0.0502. The molecule has 2 aromatic rings. The summed E-state index contributed by atoms with van der Waals surface area (Å²) in [5.41, 5.74) is 2.03. The Kier molecular flexibility index (Phi) is 3.34. The highest BCUT2D eigenvalue weighted by atomic mass is 16.3. The molecule has 3 heterocycles. The van der Waals surface area contributed by atoms with E-state index in [1.54, 1.807) is 12.3 Å². The summed E-state index contributed by atoms with van der Waals surface area (Å²) in [5, 5.41) is 7.13. The average Bonchev–Trinajstić information content (AvgIpc) is 3.07. The minimum Gasteiger partial charge on any atom is -0.463 e. The van der Waals surface area contributed by atoms with Crippen molar-refractivity contribution in [2.45, 2.75) is 26.7 Å². The van der Waals surface area contributed by atoms with Crippen LogP contribution < -0.4 is 0 Å². The summed E-state index contributed by atoms with van der Waals surface area (Å²) in [7, 11) is 0. The lowest BCUT2D eigenvalue weighted by Gasteiger charge is -2.31. The molecule has 0 aromatic carbocycles. The van der Waals surface area contributed by atoms with E-state index in [1.165, 1.54) is 6.42 Å². The molecule has 1 unspecified atom stereocenters. The highest BCUT2D eigenvalue weighted by Crippen LogP contribution is 2.27. The van der Waals surface area contributed by atoms with Gasteiger partial charge >= 0.3 is 0 Å². The third-order valence-corrected chi connectivity index (χ3v) is 3.86. The fourth-order valence-electron chi connectivity index (χ4n) is 2.81. The molecule has 1 aliphatic heterocycles. The Balaban J connectivity index is 1.93. The van der Waals surface area contributed by atoms with Crippen LogP contribution in [0.25, 0.3) is 11.5 Å². The van der Waals surface area contributed by atoms with Gasteiger partial charge in [0.1, 0.15) is 5.69 Å². The highest BCUT2D eigenvalue weighted by Gasteiger charge is 2.28. The molecule has 0 aliphatic carbocycles. The smallest absolute Gasteiger partial charge is 0.258 e. The lowest BCUT2D eigenvalue weighted by molar-refractivity contribution is 0.0683. The van der Waals surface area contributed by atoms with Crippen molar-refractivity contribution in [1.82, 2.24) is 15.1 Å². The first-order valence-corrected chi connectivity index (χ1v) is 7.05. The number of aromatic nitrogens is 2. The number of H-pyrrole nitrogens is 1. The monoisotopic (exact) mass is 273 g/mol. The van der Waals surface area contributed by atoms with Crippen LogP contribution in [0, 0.1) is 12.8 Å². The normalized spacial score (nSPS) is 19.3. The molecule has 2 aromatic heterocycles. The number of piperidine rings is 1. The number of furan rings is 1. The maximum atomic E-state index is 12.8. The van der Waals surface area contributed by atoms with Crippen LogP contribution in [0.5, 0.6) is 0 Å². The molecule has 20 heavy (non-hydrogen) atoms. The van der Waals surface area contributed by atoms with E-state index in [0.29, 0.717) is 22.9 Å². The number of carbonyl (C=O) groups excluding carboxylic acids is 1. The number of amides is 1. The summed E-state index contributed by atoms with van der Waals surface area (Å²) < 4.78 is 5.38. The lowest BCUT2D eigenvalue weighted by Crippen LogP contribution is -2.39. The molecule has 0 bridgehead atoms. The number of rotatable bonds is 2. The van der Waals surface area contributed by atoms with Gasteiger partial charge in [0, 0.05) is 18.8 Å². The minimum atomic E-state index is 0.0502. The molecule has 0 radical (unpaired) electrons. The van der Waals surface area contributed by atoms with Crippen molar-refractivity contribution in [3.05, 3.63) is 29.7 Å². The predicted octanol–water partition coefficient (Wildman–Crippen LogP) is 2.85. The molecule has 106 valence electrons. The number of nitrogens with zero attached hydrogens (tertiary/aromatic N) is 2. The van der Waals surface area contributed by atoms with Crippen LogP contribution in [0.15, 0.2) is 22.8 Å². The van der Waals surface area contributed by atoms with Gasteiger partial charge in [0.05, 0.1) is 11.8 Å². The molecule has 1 N–H and O–H groups in total. The second-order valence-corrected chi connectivity index (χ2v) is 5.55. The number of aryl methyl sites for hydroxylation is 1. The Morgan fingerprint density at radius 3 is 3.10 bits per heavy atom. The molecule has 0 spiro atoms. The van der Waals surface area contributed by atoms with E-state index in [0.717, 1.165) is 25.2 Å². The van der Waals surface area contributed by atoms with E-state index in [2.05, 4.69) is 17.1 Å². The third kappa shape index (κ3) is 2.24. The number of nitrogens with one attached hydrogen (secondary N) is 1. The van der Waals surface area contributed by atoms with E-state index < -0.39 is 0 Å². The summed E-state index contributed by atoms with van der Waals surface area (Å²) >= 11 is 0. The van der Waals surface area contributed by atoms with Crippen molar-refractivity contribution in [3.8, 4) is 11.5 Å². The Hall–Kier alpha value is -2.04. The molecule has 0 saturated carbocycles. The first-order valence-electron chi connectivity index (χ1n) is 7.05. The standard InChI is InChI=1S/C15H19N3O2/c1-10-5-3-7-18(9-10)15(19)13-11(2)16-17-14(13)12-6-4-8-20-12/h4,6,8,10H,3,5,7,9H2,1-2H3,(H,16,17). The highest BCUT2D eigenvalue weighted by molar-refractivity contribution is 6.00. The van der Waals surface area contributed by atoms with Crippen LogP contribution >= 0.6 is 0 Å². The molecule has 1 fully saturated rings. The molecular weight excluding hydrogens is 254 g/mol. The van der Waals surface area contributed by atoms with Crippen molar-refractivity contribution in [1.29, 1.82) is 0 Å². The zero-order valence-electron chi connectivity index (χ0n) is 11.8. The van der Waals surface area contributed by atoms with Gasteiger partial charge in [-0.25, -0.2) is 0 Å². The summed E-state index contributed by atoms with van der Waals surface area (Å²) in [6.07, 6.45) is 3.86. The third-order valence-electron chi connectivity index (χ3n) is 3.86. The second-order valence-electron chi connectivity index (χ2n) is 5.55. The van der Waals surface area contributed by atoms with Crippen molar-refractivity contribution < 1.29 is 9.21 Å². The maximum Gasteiger partial charge on any atom is 0.258 e. The van der Waals surface area contributed by atoms with Gasteiger partial charge in [0.15, 0.2) is 5.76 Å². The van der Waals surface area contributed by atoms with Gasteiger partial charge in [0.2, 0.25) is 0 Å². The van der Waals surface area contributed by atoms with Gasteiger partial charge in [-0.3, -0.25) is 9.89 Å². The predicted molar refractivity (Wildman–Crippen MR) is 75.3 cm³/mol. The Morgan fingerprint density at radius 1 is 1.55 bits per heavy atom. The van der Waals surface area contributed by atoms with Gasteiger partial charge < -0.3 is 9.32 Å². The van der Waals surface area contributed by atoms with Crippen LogP contribution in [-0.2, 0) is 0 Å². The van der Waals surface area contributed by atoms with Crippen LogP contribution in [0.1, 0.15) is 35.8 Å². The maximum absolute atomic E-state index is 12.8. The van der Waals surface area contributed by atoms with Crippen LogP contribution in [-0.4, -0.2) is 34.1 Å². The molecule has 1 amide bonds. The fourth-order valence-corrected chi connectivity index (χ4v) is 2.81. The van der Waals surface area contributed by atoms with Gasteiger partial charge in [-0.15, -0.1) is 0 Å². The van der Waals surface area contributed by atoms with Gasteiger partial charge in [0.25, 0.3) is 5.91 Å². The van der Waals surface area contributed by atoms with Crippen LogP contribution in [0.4, 0.5) is 0 Å². The van der Waals surface area contributed by atoms with E-state index >= 15 is 0 Å². The Labute approximate surface area is 118 Å². The second kappa shape index (κ2) is 5.15. The van der Waals surface area contributed by atoms with Crippen molar-refractivity contribution in [2.24, 2.45) is 5.92 Å². The molecule has 1 aliphatic rings. The Bertz CT molecular complexity index is 601. The van der Waals surface area contributed by atoms with Crippen molar-refractivity contribution in [2.75, 3.05) is 13.1 Å². The fraction of sp³-hybridized carbons (Fsp3) is 0.467. The molecule has 5 heteroatoms. The number of carbonyl (C=O) groups is 1. The van der Waals surface area contributed by atoms with E-state index in [9.17, 15) is 4.79 Å². The van der Waals surface area contributed by atoms with Gasteiger partial charge in [-0.1, -0.05) is 6.92 Å². The van der Waals surface area contributed by atoms with Crippen molar-refractivity contribution >= 4 is 5.91 Å².